The Bertz CT molecular complexity index is 423. The number of nitro groups is 1. The monoisotopic (exact) mass is 246 g/mol. The van der Waals surface area contributed by atoms with Crippen LogP contribution in [0.15, 0.2) is 18.2 Å². The molecule has 0 spiro atoms. The first-order valence-corrected chi connectivity index (χ1v) is 5.39. The van der Waals surface area contributed by atoms with Crippen LogP contribution < -0.4 is 9.50 Å². The summed E-state index contributed by atoms with van der Waals surface area (Å²) < 4.78 is 23.6. The Morgan fingerprint density at radius 1 is 1.62 bits per heavy atom. The molecule has 0 amide bonds. The highest BCUT2D eigenvalue weighted by atomic mass is 32.2. The summed E-state index contributed by atoms with van der Waals surface area (Å²) in [6, 6.07) is 3.79. The van der Waals surface area contributed by atoms with E-state index in [9.17, 15) is 14.3 Å². The lowest BCUT2D eigenvalue weighted by molar-refractivity contribution is -0.384. The molecule has 16 heavy (non-hydrogen) atoms. The highest BCUT2D eigenvalue weighted by molar-refractivity contribution is 7.74. The fourth-order valence-electron chi connectivity index (χ4n) is 1.11. The lowest BCUT2D eigenvalue weighted by Crippen LogP contribution is -2.04. The second-order valence-corrected chi connectivity index (χ2v) is 3.37. The Kier molecular flexibility index (Phi) is 4.20. The molecule has 0 aliphatic heterocycles. The average molecular weight is 246 g/mol. The van der Waals surface area contributed by atoms with Crippen molar-refractivity contribution in [2.45, 2.75) is 6.92 Å². The minimum absolute atomic E-state index is 0.0307. The molecule has 0 bridgehead atoms. The molecule has 0 aliphatic carbocycles. The summed E-state index contributed by atoms with van der Waals surface area (Å²) in [4.78, 5) is 9.89. The van der Waals surface area contributed by atoms with E-state index in [1.165, 1.54) is 12.1 Å². The molecule has 0 heterocycles. The number of hydrogen-bond donors (Lipinski definition) is 2. The number of rotatable bonds is 5. The van der Waals surface area contributed by atoms with E-state index in [0.717, 1.165) is 6.07 Å². The van der Waals surface area contributed by atoms with Gasteiger partial charge in [-0.3, -0.25) is 14.7 Å². The first-order chi connectivity index (χ1) is 7.54. The zero-order valence-corrected chi connectivity index (χ0v) is 9.19. The molecular formula is C8H10N2O5S. The molecule has 2 N–H and O–H groups in total. The van der Waals surface area contributed by atoms with E-state index < -0.39 is 16.3 Å². The normalized spacial score (nSPS) is 11.9. The quantitative estimate of drug-likeness (QED) is 0.464. The van der Waals surface area contributed by atoms with Crippen molar-refractivity contribution in [1.29, 1.82) is 0 Å². The Hall–Kier alpha value is -1.67. The number of nitro benzene ring substituents is 1. The Balaban J connectivity index is 3.09. The first-order valence-electron chi connectivity index (χ1n) is 4.36. The van der Waals surface area contributed by atoms with Gasteiger partial charge in [-0.1, -0.05) is 0 Å². The van der Waals surface area contributed by atoms with Crippen molar-refractivity contribution in [1.82, 2.24) is 0 Å². The number of anilines is 1. The molecule has 0 aliphatic rings. The lowest BCUT2D eigenvalue weighted by Gasteiger charge is -2.08. The van der Waals surface area contributed by atoms with Gasteiger partial charge < -0.3 is 9.50 Å². The maximum Gasteiger partial charge on any atom is 0.357 e. The van der Waals surface area contributed by atoms with Gasteiger partial charge >= 0.3 is 11.4 Å². The van der Waals surface area contributed by atoms with Crippen LogP contribution in [0.1, 0.15) is 6.92 Å². The molecule has 0 fully saturated rings. The van der Waals surface area contributed by atoms with E-state index in [-0.39, 0.29) is 11.4 Å². The smallest absolute Gasteiger partial charge is 0.357 e. The summed E-state index contributed by atoms with van der Waals surface area (Å²) >= 11 is -2.51. The molecule has 88 valence electrons. The minimum atomic E-state index is -2.51. The van der Waals surface area contributed by atoms with Crippen LogP contribution in [0.25, 0.3) is 0 Å². The van der Waals surface area contributed by atoms with Crippen molar-refractivity contribution in [3.05, 3.63) is 28.3 Å². The minimum Gasteiger partial charge on any atom is -0.382 e. The molecule has 0 radical (unpaired) electrons. The highest BCUT2D eigenvalue weighted by Crippen LogP contribution is 2.29. The number of benzene rings is 1. The van der Waals surface area contributed by atoms with E-state index in [1.807, 2.05) is 6.92 Å². The molecule has 8 heteroatoms. The van der Waals surface area contributed by atoms with Gasteiger partial charge in [-0.15, -0.1) is 0 Å². The van der Waals surface area contributed by atoms with Crippen LogP contribution in [-0.4, -0.2) is 20.2 Å². The van der Waals surface area contributed by atoms with Gasteiger partial charge in [-0.05, 0) is 13.0 Å². The van der Waals surface area contributed by atoms with E-state index in [2.05, 4.69) is 9.50 Å². The van der Waals surface area contributed by atoms with Crippen LogP contribution in [-0.2, 0) is 11.4 Å². The van der Waals surface area contributed by atoms with Crippen molar-refractivity contribution in [3.63, 3.8) is 0 Å². The Morgan fingerprint density at radius 3 is 2.81 bits per heavy atom. The summed E-state index contributed by atoms with van der Waals surface area (Å²) in [7, 11) is 0. The number of non-ortho nitro benzene ring substituents is 1. The van der Waals surface area contributed by atoms with Crippen LogP contribution in [0.4, 0.5) is 11.4 Å². The second kappa shape index (κ2) is 5.42. The molecule has 0 aromatic heterocycles. The summed E-state index contributed by atoms with van der Waals surface area (Å²) in [5.41, 5.74) is 0.220. The number of nitrogens with one attached hydrogen (secondary N) is 1. The molecule has 0 saturated heterocycles. The standard InChI is InChI=1S/C8H10N2O5S/c1-2-9-7-4-3-6(10(11)12)5-8(7)15-16(13)14/h3-5,9H,2H2,1H3,(H,13,14). The van der Waals surface area contributed by atoms with Crippen LogP contribution in [0.5, 0.6) is 5.75 Å². The number of nitrogens with zero attached hydrogens (tertiary/aromatic N) is 1. The first kappa shape index (κ1) is 12.4. The maximum atomic E-state index is 10.5. The van der Waals surface area contributed by atoms with Crippen LogP contribution in [0, 0.1) is 10.1 Å². The average Bonchev–Trinajstić information content (AvgIpc) is 2.19. The van der Waals surface area contributed by atoms with E-state index in [1.54, 1.807) is 0 Å². The van der Waals surface area contributed by atoms with Crippen molar-refractivity contribution >= 4 is 22.7 Å². The van der Waals surface area contributed by atoms with Gasteiger partial charge in [0.15, 0.2) is 5.75 Å². The van der Waals surface area contributed by atoms with Gasteiger partial charge in [-0.25, -0.2) is 0 Å². The summed E-state index contributed by atoms with van der Waals surface area (Å²) in [5, 5.41) is 13.4. The maximum absolute atomic E-state index is 10.5. The van der Waals surface area contributed by atoms with Crippen molar-refractivity contribution in [2.24, 2.45) is 0 Å². The van der Waals surface area contributed by atoms with Gasteiger partial charge in [-0.2, -0.15) is 4.21 Å². The fourth-order valence-corrected chi connectivity index (χ4v) is 1.40. The third-order valence-electron chi connectivity index (χ3n) is 1.70. The van der Waals surface area contributed by atoms with E-state index in [4.69, 9.17) is 4.55 Å². The van der Waals surface area contributed by atoms with Crippen LogP contribution in [0.3, 0.4) is 0 Å². The van der Waals surface area contributed by atoms with Crippen molar-refractivity contribution < 1.29 is 17.9 Å². The second-order valence-electron chi connectivity index (χ2n) is 2.77. The predicted octanol–water partition coefficient (Wildman–Crippen LogP) is 1.54. The van der Waals surface area contributed by atoms with Gasteiger partial charge in [0.1, 0.15) is 0 Å². The van der Waals surface area contributed by atoms with Gasteiger partial charge in [0.05, 0.1) is 16.7 Å². The molecule has 1 aromatic rings. The Morgan fingerprint density at radius 2 is 2.31 bits per heavy atom. The van der Waals surface area contributed by atoms with Crippen LogP contribution in [0.2, 0.25) is 0 Å². The molecule has 1 atom stereocenters. The summed E-state index contributed by atoms with van der Waals surface area (Å²) in [6.07, 6.45) is 0. The summed E-state index contributed by atoms with van der Waals surface area (Å²) in [5.74, 6) is -0.0307. The molecule has 1 rings (SSSR count). The molecule has 0 saturated carbocycles. The van der Waals surface area contributed by atoms with E-state index >= 15 is 0 Å². The van der Waals surface area contributed by atoms with Crippen molar-refractivity contribution in [3.8, 4) is 5.75 Å². The SMILES string of the molecule is CCNc1ccc([N+](=O)[O-])cc1OS(=O)O. The number of hydrogen-bond acceptors (Lipinski definition) is 5. The molecule has 7 nitrogen and oxygen atoms in total. The largest absolute Gasteiger partial charge is 0.382 e. The van der Waals surface area contributed by atoms with Crippen molar-refractivity contribution in [2.75, 3.05) is 11.9 Å². The van der Waals surface area contributed by atoms with Gasteiger partial charge in [0.25, 0.3) is 5.69 Å². The Labute approximate surface area is 94.1 Å². The lowest BCUT2D eigenvalue weighted by atomic mass is 10.2. The summed E-state index contributed by atoms with van der Waals surface area (Å²) in [6.45, 7) is 2.38. The van der Waals surface area contributed by atoms with Gasteiger partial charge in [0, 0.05) is 12.6 Å². The zero-order chi connectivity index (χ0) is 12.1. The topological polar surface area (TPSA) is 102 Å². The fraction of sp³-hybridized carbons (Fsp3) is 0.250. The van der Waals surface area contributed by atoms with Gasteiger partial charge in [0.2, 0.25) is 0 Å². The predicted molar refractivity (Wildman–Crippen MR) is 58.7 cm³/mol. The highest BCUT2D eigenvalue weighted by Gasteiger charge is 2.13. The molecule has 1 unspecified atom stereocenters. The molecular weight excluding hydrogens is 236 g/mol. The third kappa shape index (κ3) is 3.17. The van der Waals surface area contributed by atoms with Crippen LogP contribution >= 0.6 is 0 Å². The molecule has 1 aromatic carbocycles. The third-order valence-corrected chi connectivity index (χ3v) is 2.03. The zero-order valence-electron chi connectivity index (χ0n) is 8.37. The van der Waals surface area contributed by atoms with E-state index in [0.29, 0.717) is 12.2 Å².